The molecule has 0 heterocycles. The van der Waals surface area contributed by atoms with E-state index in [1.165, 1.54) is 0 Å². The molecule has 0 radical (unpaired) electrons. The topological polar surface area (TPSA) is 84.9 Å². The molecule has 6 nitrogen and oxygen atoms in total. The van der Waals surface area contributed by atoms with Crippen LogP contribution in [-0.4, -0.2) is 35.4 Å². The van der Waals surface area contributed by atoms with Gasteiger partial charge in [-0.15, -0.1) is 0 Å². The zero-order valence-electron chi connectivity index (χ0n) is 13.2. The summed E-state index contributed by atoms with van der Waals surface area (Å²) in [7, 11) is 0. The Morgan fingerprint density at radius 3 is 2.41 bits per heavy atom. The van der Waals surface area contributed by atoms with Gasteiger partial charge in [-0.2, -0.15) is 0 Å². The van der Waals surface area contributed by atoms with E-state index >= 15 is 0 Å². The third-order valence-electron chi connectivity index (χ3n) is 2.60. The molecule has 0 saturated carbocycles. The van der Waals surface area contributed by atoms with Crippen LogP contribution in [-0.2, 0) is 20.9 Å². The van der Waals surface area contributed by atoms with E-state index in [-0.39, 0.29) is 19.6 Å². The minimum Gasteiger partial charge on any atom is -0.461 e. The van der Waals surface area contributed by atoms with Gasteiger partial charge in [0.15, 0.2) is 0 Å². The summed E-state index contributed by atoms with van der Waals surface area (Å²) >= 11 is 0. The second-order valence-corrected chi connectivity index (χ2v) is 5.88. The molecular weight excluding hydrogens is 286 g/mol. The molecule has 122 valence electrons. The summed E-state index contributed by atoms with van der Waals surface area (Å²) in [6, 6.07) is 8.52. The number of hydrogen-bond acceptors (Lipinski definition) is 5. The van der Waals surface area contributed by atoms with Crippen LogP contribution in [0.5, 0.6) is 0 Å². The van der Waals surface area contributed by atoms with E-state index in [1.807, 2.05) is 30.3 Å². The number of aliphatic hydroxyl groups is 1. The number of aliphatic hydroxyl groups excluding tert-OH is 1. The second-order valence-electron chi connectivity index (χ2n) is 5.88. The van der Waals surface area contributed by atoms with Gasteiger partial charge in [0.1, 0.15) is 12.2 Å². The molecule has 0 aromatic heterocycles. The highest BCUT2D eigenvalue weighted by atomic mass is 16.6. The van der Waals surface area contributed by atoms with Gasteiger partial charge >= 0.3 is 12.1 Å². The monoisotopic (exact) mass is 309 g/mol. The van der Waals surface area contributed by atoms with Crippen molar-refractivity contribution in [2.75, 3.05) is 6.61 Å². The molecule has 1 unspecified atom stereocenters. The number of hydrogen-bond donors (Lipinski definition) is 2. The Labute approximate surface area is 130 Å². The molecule has 1 atom stereocenters. The van der Waals surface area contributed by atoms with Crippen molar-refractivity contribution in [3.05, 3.63) is 35.9 Å². The van der Waals surface area contributed by atoms with Gasteiger partial charge in [0.25, 0.3) is 0 Å². The van der Waals surface area contributed by atoms with E-state index in [9.17, 15) is 14.7 Å². The molecule has 22 heavy (non-hydrogen) atoms. The fourth-order valence-corrected chi connectivity index (χ4v) is 1.63. The Bertz CT molecular complexity index is 481. The fraction of sp³-hybridized carbons (Fsp3) is 0.500. The predicted molar refractivity (Wildman–Crippen MR) is 81.1 cm³/mol. The van der Waals surface area contributed by atoms with Crippen LogP contribution in [0.3, 0.4) is 0 Å². The first kappa shape index (κ1) is 18.0. The molecule has 0 spiro atoms. The van der Waals surface area contributed by atoms with E-state index in [0.29, 0.717) is 0 Å². The van der Waals surface area contributed by atoms with Crippen LogP contribution < -0.4 is 5.32 Å². The molecule has 0 bridgehead atoms. The van der Waals surface area contributed by atoms with Gasteiger partial charge in [-0.1, -0.05) is 30.3 Å². The normalized spacial score (nSPS) is 12.4. The van der Waals surface area contributed by atoms with Gasteiger partial charge < -0.3 is 19.9 Å². The molecule has 0 aliphatic rings. The summed E-state index contributed by atoms with van der Waals surface area (Å²) in [6.45, 7) is 4.97. The van der Waals surface area contributed by atoms with E-state index < -0.39 is 23.7 Å². The van der Waals surface area contributed by atoms with Crippen LogP contribution in [0, 0.1) is 0 Å². The van der Waals surface area contributed by atoms with Crippen LogP contribution in [0.1, 0.15) is 32.8 Å². The SMILES string of the molecule is CC(C)(C)OC(=O)NC(CO)CC(=O)OCc1ccccc1. The first-order chi connectivity index (χ1) is 10.3. The Balaban J connectivity index is 2.38. The highest BCUT2D eigenvalue weighted by molar-refractivity contribution is 5.73. The maximum atomic E-state index is 11.7. The number of benzene rings is 1. The van der Waals surface area contributed by atoms with E-state index in [2.05, 4.69) is 5.32 Å². The zero-order valence-corrected chi connectivity index (χ0v) is 13.2. The average Bonchev–Trinajstić information content (AvgIpc) is 2.43. The molecule has 1 aromatic rings. The van der Waals surface area contributed by atoms with Gasteiger partial charge in [0.05, 0.1) is 19.1 Å². The largest absolute Gasteiger partial charge is 0.461 e. The van der Waals surface area contributed by atoms with Crippen molar-refractivity contribution in [1.82, 2.24) is 5.32 Å². The Morgan fingerprint density at radius 2 is 1.86 bits per heavy atom. The summed E-state index contributed by atoms with van der Waals surface area (Å²) < 4.78 is 10.2. The molecule has 0 fully saturated rings. The van der Waals surface area contributed by atoms with Crippen LogP contribution >= 0.6 is 0 Å². The van der Waals surface area contributed by atoms with E-state index in [1.54, 1.807) is 20.8 Å². The number of carbonyl (C=O) groups excluding carboxylic acids is 2. The highest BCUT2D eigenvalue weighted by Crippen LogP contribution is 2.08. The average molecular weight is 309 g/mol. The molecule has 1 rings (SSSR count). The number of esters is 1. The first-order valence-corrected chi connectivity index (χ1v) is 7.10. The van der Waals surface area contributed by atoms with Gasteiger partial charge in [-0.3, -0.25) is 4.79 Å². The molecular formula is C16H23NO5. The van der Waals surface area contributed by atoms with E-state index in [4.69, 9.17) is 9.47 Å². The molecule has 0 saturated heterocycles. The van der Waals surface area contributed by atoms with Crippen molar-refractivity contribution in [3.63, 3.8) is 0 Å². The Hall–Kier alpha value is -2.08. The van der Waals surface area contributed by atoms with Crippen LogP contribution in [0.4, 0.5) is 4.79 Å². The molecule has 0 aliphatic heterocycles. The van der Waals surface area contributed by atoms with Gasteiger partial charge in [-0.05, 0) is 26.3 Å². The van der Waals surface area contributed by atoms with Crippen molar-refractivity contribution < 1.29 is 24.2 Å². The fourth-order valence-electron chi connectivity index (χ4n) is 1.63. The van der Waals surface area contributed by atoms with Crippen molar-refractivity contribution >= 4 is 12.1 Å². The van der Waals surface area contributed by atoms with Crippen LogP contribution in [0.2, 0.25) is 0 Å². The smallest absolute Gasteiger partial charge is 0.407 e. The minimum atomic E-state index is -0.738. The Morgan fingerprint density at radius 1 is 1.23 bits per heavy atom. The third-order valence-corrected chi connectivity index (χ3v) is 2.60. The van der Waals surface area contributed by atoms with Crippen molar-refractivity contribution in [3.8, 4) is 0 Å². The standard InChI is InChI=1S/C16H23NO5/c1-16(2,3)22-15(20)17-13(10-18)9-14(19)21-11-12-7-5-4-6-8-12/h4-8,13,18H,9-11H2,1-3H3,(H,17,20). The lowest BCUT2D eigenvalue weighted by Gasteiger charge is -2.22. The van der Waals surface area contributed by atoms with Gasteiger partial charge in [-0.25, -0.2) is 4.79 Å². The van der Waals surface area contributed by atoms with Gasteiger partial charge in [0, 0.05) is 0 Å². The minimum absolute atomic E-state index is 0.122. The quantitative estimate of drug-likeness (QED) is 0.785. The van der Waals surface area contributed by atoms with Gasteiger partial charge in [0.2, 0.25) is 0 Å². The summed E-state index contributed by atoms with van der Waals surface area (Å²) in [5.41, 5.74) is 0.231. The summed E-state index contributed by atoms with van der Waals surface area (Å²) in [6.07, 6.45) is -0.801. The zero-order chi connectivity index (χ0) is 16.6. The third kappa shape index (κ3) is 7.64. The highest BCUT2D eigenvalue weighted by Gasteiger charge is 2.21. The van der Waals surface area contributed by atoms with E-state index in [0.717, 1.165) is 5.56 Å². The lowest BCUT2D eigenvalue weighted by Crippen LogP contribution is -2.42. The van der Waals surface area contributed by atoms with Crippen molar-refractivity contribution in [1.29, 1.82) is 0 Å². The van der Waals surface area contributed by atoms with Crippen LogP contribution in [0.15, 0.2) is 30.3 Å². The number of nitrogens with one attached hydrogen (secondary N) is 1. The van der Waals surface area contributed by atoms with Crippen LogP contribution in [0.25, 0.3) is 0 Å². The lowest BCUT2D eigenvalue weighted by molar-refractivity contribution is -0.145. The van der Waals surface area contributed by atoms with Crippen molar-refractivity contribution in [2.45, 2.75) is 45.4 Å². The number of carbonyl (C=O) groups is 2. The van der Waals surface area contributed by atoms with Crippen molar-refractivity contribution in [2.24, 2.45) is 0 Å². The molecule has 1 amide bonds. The second kappa shape index (κ2) is 8.38. The molecule has 0 aliphatic carbocycles. The maximum absolute atomic E-state index is 11.7. The number of ether oxygens (including phenoxy) is 2. The first-order valence-electron chi connectivity index (χ1n) is 7.10. The number of amides is 1. The molecule has 6 heteroatoms. The summed E-state index contributed by atoms with van der Waals surface area (Å²) in [4.78, 5) is 23.3. The summed E-state index contributed by atoms with van der Waals surface area (Å²) in [5.74, 6) is -0.501. The number of alkyl carbamates (subject to hydrolysis) is 1. The Kier molecular flexibility index (Phi) is 6.85. The summed E-state index contributed by atoms with van der Waals surface area (Å²) in [5, 5.41) is 11.7. The molecule has 1 aromatic carbocycles. The molecule has 2 N–H and O–H groups in total. The number of rotatable bonds is 6. The maximum Gasteiger partial charge on any atom is 0.407 e. The lowest BCUT2D eigenvalue weighted by atomic mass is 10.2. The predicted octanol–water partition coefficient (Wildman–Crippen LogP) is 2.01.